The number of nitrogen functional groups attached to an aromatic ring is 1. The van der Waals surface area contributed by atoms with E-state index in [-0.39, 0.29) is 96.1 Å². The van der Waals surface area contributed by atoms with Crippen LogP contribution in [0.3, 0.4) is 0 Å². The van der Waals surface area contributed by atoms with Crippen LogP contribution in [0.2, 0.25) is 0 Å². The molecule has 11 heteroatoms. The van der Waals surface area contributed by atoms with Gasteiger partial charge in [0.25, 0.3) is 0 Å². The Labute approximate surface area is 489 Å². The summed E-state index contributed by atoms with van der Waals surface area (Å²) in [6.07, 6.45) is 21.1. The number of allylic oxidation sites excluding steroid dienone is 4. The summed E-state index contributed by atoms with van der Waals surface area (Å²) in [6.45, 7) is 12.4. The maximum atomic E-state index is 17.1. The van der Waals surface area contributed by atoms with E-state index in [0.717, 1.165) is 125 Å². The average Bonchev–Trinajstić information content (AvgIpc) is 1.39. The van der Waals surface area contributed by atoms with E-state index in [2.05, 4.69) is 74.7 Å². The normalized spacial score (nSPS) is 45.3. The first-order chi connectivity index (χ1) is 39.2. The fraction of sp³-hybridized carbons (Fsp3) is 0.746. The Balaban J connectivity index is 0.974. The smallest absolute Gasteiger partial charge is 0.160 e. The molecule has 0 amide bonds. The molecular weight excluding hydrogens is 1020 g/mol. The number of nitrogens with one attached hydrogen (secondary N) is 2. The monoisotopic (exact) mass is 1120 g/mol. The van der Waals surface area contributed by atoms with Crippen LogP contribution in [0.15, 0.2) is 59.7 Å². The summed E-state index contributed by atoms with van der Waals surface area (Å²) >= 11 is 0. The highest BCUT2D eigenvalue weighted by atomic mass is 16.6. The number of benzene rings is 2. The second-order valence-corrected chi connectivity index (χ2v) is 30.9. The van der Waals surface area contributed by atoms with Crippen LogP contribution in [0.25, 0.3) is 0 Å². The van der Waals surface area contributed by atoms with E-state index in [1.165, 1.54) is 16.7 Å². The molecule has 0 unspecified atom stereocenters. The molecule has 0 radical (unpaired) electrons. The van der Waals surface area contributed by atoms with E-state index < -0.39 is 44.4 Å². The second kappa shape index (κ2) is 20.9. The van der Waals surface area contributed by atoms with Crippen LogP contribution in [-0.4, -0.2) is 93.4 Å². The molecule has 2 aliphatic heterocycles. The molecule has 3 spiro atoms. The quantitative estimate of drug-likeness (QED) is 0.0572. The molecule has 12 aliphatic rings. The molecule has 8 fully saturated rings. The van der Waals surface area contributed by atoms with Gasteiger partial charge in [0.15, 0.2) is 11.6 Å². The van der Waals surface area contributed by atoms with E-state index in [9.17, 15) is 25.5 Å². The number of Topliss-reactive ketones (excluding diaryl/α,β-unsaturated/α-hetero) is 2. The summed E-state index contributed by atoms with van der Waals surface area (Å²) < 4.78 is 6.94. The van der Waals surface area contributed by atoms with E-state index in [1.54, 1.807) is 0 Å². The molecule has 10 aliphatic carbocycles. The van der Waals surface area contributed by atoms with Crippen molar-refractivity contribution >= 4 is 17.3 Å². The SMILES string of the molecule is CNCc1cc(O)cc([C@]23CCC[C@]45CC(=O)C6=C4CC[C@@H]4[C@]7(C)[C@H]2C=CC[C@]2(CCCC[C@](C)(O)CN[C@@H](C[C@@]45[C@H](CO)CC[C@H]4CC[C@H](CO)C[C@H]4[C@@H]6C[C@@H](O)[C@H]4O[C@]4(C)[C@@H]4CCC[C@H]4c4cc(N)cc(CC(C)C)c4)[C@@H]27)C3=O)c1. The van der Waals surface area contributed by atoms with Crippen molar-refractivity contribution < 1.29 is 39.9 Å². The molecular formula is C71H101N3O8. The van der Waals surface area contributed by atoms with Crippen LogP contribution in [0.4, 0.5) is 5.69 Å². The maximum absolute atomic E-state index is 17.1. The number of β-amino-alcohol motifs (C(OH)–C–C–N with tert-alkyl or cyclic N) is 1. The predicted octanol–water partition coefficient (Wildman–Crippen LogP) is 11.0. The van der Waals surface area contributed by atoms with Crippen molar-refractivity contribution in [1.29, 1.82) is 0 Å². The highest BCUT2D eigenvalue weighted by Gasteiger charge is 2.81. The minimum Gasteiger partial charge on any atom is -0.508 e. The lowest BCUT2D eigenvalue weighted by atomic mass is 9.28. The summed E-state index contributed by atoms with van der Waals surface area (Å²) in [6, 6.07) is 12.5. The third-order valence-corrected chi connectivity index (χ3v) is 26.3. The molecule has 2 aromatic carbocycles. The van der Waals surface area contributed by atoms with E-state index in [0.29, 0.717) is 63.3 Å². The Morgan fingerprint density at radius 3 is 2.46 bits per heavy atom. The number of phenols is 1. The van der Waals surface area contributed by atoms with Crippen molar-refractivity contribution in [3.63, 3.8) is 0 Å². The van der Waals surface area contributed by atoms with Crippen LogP contribution in [0.1, 0.15) is 198 Å². The summed E-state index contributed by atoms with van der Waals surface area (Å²) in [5.41, 5.74) is 9.34. The zero-order valence-corrected chi connectivity index (χ0v) is 50.6. The van der Waals surface area contributed by atoms with Crippen molar-refractivity contribution in [3.8, 4) is 5.75 Å². The van der Waals surface area contributed by atoms with E-state index >= 15 is 9.59 Å². The number of rotatable bonds is 12. The lowest BCUT2D eigenvalue weighted by molar-refractivity contribution is -0.244. The number of nitrogens with two attached hydrogens (primary N) is 1. The van der Waals surface area contributed by atoms with Gasteiger partial charge < -0.3 is 46.6 Å². The second-order valence-electron chi connectivity index (χ2n) is 30.9. The molecule has 82 heavy (non-hydrogen) atoms. The minimum absolute atomic E-state index is 0.0169. The third kappa shape index (κ3) is 8.52. The van der Waals surface area contributed by atoms with Crippen molar-refractivity contribution in [3.05, 3.63) is 82.0 Å². The topological polar surface area (TPSA) is 198 Å². The summed E-state index contributed by atoms with van der Waals surface area (Å²) in [7, 11) is 1.93. The number of hydrogen-bond acceptors (Lipinski definition) is 11. The average molecular weight is 1120 g/mol. The van der Waals surface area contributed by atoms with Crippen LogP contribution in [0, 0.1) is 80.8 Å². The van der Waals surface area contributed by atoms with Gasteiger partial charge in [-0.2, -0.15) is 0 Å². The third-order valence-electron chi connectivity index (χ3n) is 26.3. The number of fused-ring (bicyclic) bond motifs is 2. The van der Waals surface area contributed by atoms with Crippen molar-refractivity contribution in [2.75, 3.05) is 32.5 Å². The van der Waals surface area contributed by atoms with Gasteiger partial charge in [0.1, 0.15) is 11.9 Å². The van der Waals surface area contributed by atoms with E-state index in [4.69, 9.17) is 10.5 Å². The van der Waals surface area contributed by atoms with Crippen molar-refractivity contribution in [1.82, 2.24) is 10.6 Å². The van der Waals surface area contributed by atoms with Crippen molar-refractivity contribution in [2.24, 2.45) is 80.8 Å². The first-order valence-electron chi connectivity index (χ1n) is 33.1. The number of aromatic hydroxyl groups is 1. The maximum Gasteiger partial charge on any atom is 0.160 e. The van der Waals surface area contributed by atoms with Gasteiger partial charge in [0, 0.05) is 55.3 Å². The minimum atomic E-state index is -0.952. The Morgan fingerprint density at radius 2 is 1.68 bits per heavy atom. The number of epoxide rings is 1. The Bertz CT molecular complexity index is 2880. The van der Waals surface area contributed by atoms with Gasteiger partial charge in [-0.25, -0.2) is 0 Å². The number of carbonyl (C=O) groups is 2. The molecule has 9 bridgehead atoms. The first-order valence-corrected chi connectivity index (χ1v) is 33.1. The molecule has 2 saturated heterocycles. The number of ketones is 2. The van der Waals surface area contributed by atoms with Gasteiger partial charge in [-0.05, 0) is 258 Å². The highest BCUT2D eigenvalue weighted by molar-refractivity contribution is 6.01. The standard InChI is InChI=1S/C71H101N3O8/c1-41(2)26-43-27-46(32-49(72)29-43)51-12-9-13-54(51)67(5)63(82-67)57(78)34-53-52-31-42(38-75)15-16-45(52)17-18-47(39-76)71-35-56-62-66(4)59-14-10-23-68(62,22-8-7-21-65(3,81)40-74-56)64(80)70(59,48-28-44(37-73-6)30-50(77)33-48)25-11-24-69(71)36-58(79)61(53)55(69)19-20-60(66)71/h10,14,27-30,32-33,41-42,45,47,51-54,56-57,59-60,62-63,73-78,81H,7-9,11-13,15-26,31,34-40,72H2,1-6H3/t42-,45+,47-,51-,52+,53-,54+,56-,57+,59+,60+,62+,63+,65-,66-,67+,68-,69-,70+,71+/m0/s1. The molecule has 9 N–H and O–H groups in total. The first kappa shape index (κ1) is 57.6. The molecule has 2 heterocycles. The Morgan fingerprint density at radius 1 is 0.878 bits per heavy atom. The number of anilines is 1. The Hall–Kier alpha value is -3.42. The fourth-order valence-corrected chi connectivity index (χ4v) is 23.7. The van der Waals surface area contributed by atoms with Crippen LogP contribution in [0.5, 0.6) is 5.75 Å². The van der Waals surface area contributed by atoms with Gasteiger partial charge in [-0.1, -0.05) is 76.3 Å². The predicted molar refractivity (Wildman–Crippen MR) is 321 cm³/mol. The number of phenolic OH excluding ortho intramolecular Hbond substituents is 1. The number of hydrogen-bond donors (Lipinski definition) is 8. The van der Waals surface area contributed by atoms with Gasteiger partial charge >= 0.3 is 0 Å². The lowest BCUT2D eigenvalue weighted by Gasteiger charge is -2.75. The van der Waals surface area contributed by atoms with Gasteiger partial charge in [-0.3, -0.25) is 9.59 Å². The zero-order chi connectivity index (χ0) is 57.5. The molecule has 20 atom stereocenters. The summed E-state index contributed by atoms with van der Waals surface area (Å²) in [5.74, 6) is 1.62. The van der Waals surface area contributed by atoms with Crippen LogP contribution in [-0.2, 0) is 32.7 Å². The molecule has 448 valence electrons. The van der Waals surface area contributed by atoms with E-state index in [1.807, 2.05) is 26.1 Å². The number of carbonyl (C=O) groups excluding carboxylic acids is 2. The fourth-order valence-electron chi connectivity index (χ4n) is 23.7. The van der Waals surface area contributed by atoms with Gasteiger partial charge in [0.2, 0.25) is 0 Å². The summed E-state index contributed by atoms with van der Waals surface area (Å²) in [5, 5.41) is 68.2. The van der Waals surface area contributed by atoms with Gasteiger partial charge in [-0.15, -0.1) is 0 Å². The largest absolute Gasteiger partial charge is 0.508 e. The molecule has 0 aromatic heterocycles. The molecule has 11 nitrogen and oxygen atoms in total. The summed E-state index contributed by atoms with van der Waals surface area (Å²) in [4.78, 5) is 33.5. The number of aliphatic hydroxyl groups excluding tert-OH is 3. The van der Waals surface area contributed by atoms with Crippen LogP contribution < -0.4 is 16.4 Å². The molecule has 6 saturated carbocycles. The molecule has 14 rings (SSSR count). The van der Waals surface area contributed by atoms with Gasteiger partial charge in [0.05, 0.1) is 22.7 Å². The zero-order valence-electron chi connectivity index (χ0n) is 50.6. The number of aliphatic hydroxyl groups is 4. The Kier molecular flexibility index (Phi) is 14.7. The van der Waals surface area contributed by atoms with Crippen molar-refractivity contribution in [2.45, 2.75) is 223 Å². The molecule has 2 aromatic rings. The number of ether oxygens (including phenoxy) is 1. The lowest BCUT2D eigenvalue weighted by Crippen LogP contribution is -2.77. The van der Waals surface area contributed by atoms with Crippen LogP contribution >= 0.6 is 0 Å². The highest BCUT2D eigenvalue weighted by Crippen LogP contribution is 2.82.